The molecule has 0 saturated heterocycles. The minimum absolute atomic E-state index is 0.213. The number of nitrogens with zero attached hydrogens (tertiary/aromatic N) is 1. The molecule has 2 atom stereocenters. The highest BCUT2D eigenvalue weighted by Gasteiger charge is 2.26. The average Bonchev–Trinajstić information content (AvgIpc) is 2.90. The third-order valence-electron chi connectivity index (χ3n) is 5.65. The molecule has 10 nitrogen and oxygen atoms in total. The third kappa shape index (κ3) is 10.6. The smallest absolute Gasteiger partial charge is 0.246 e. The van der Waals surface area contributed by atoms with Gasteiger partial charge in [-0.3, -0.25) is 14.4 Å². The topological polar surface area (TPSA) is 166 Å². The summed E-state index contributed by atoms with van der Waals surface area (Å²) in [5.74, 6) is -0.636. The Balaban J connectivity index is 2.09. The molecule has 0 unspecified atom stereocenters. The minimum atomic E-state index is -1.12. The highest BCUT2D eigenvalue weighted by Crippen LogP contribution is 2.18. The summed E-state index contributed by atoms with van der Waals surface area (Å²) in [5, 5.41) is 5.59. The normalized spacial score (nSPS) is 12.3. The number of anilines is 1. The van der Waals surface area contributed by atoms with Crippen LogP contribution in [0.25, 0.3) is 0 Å². The molecular formula is C27H40N6O4. The van der Waals surface area contributed by atoms with Gasteiger partial charge in [-0.05, 0) is 37.0 Å². The molecule has 37 heavy (non-hydrogen) atoms. The van der Waals surface area contributed by atoms with Gasteiger partial charge in [-0.1, -0.05) is 43.3 Å². The number of nitrogens with two attached hydrogens (primary N) is 3. The van der Waals surface area contributed by atoms with Crippen molar-refractivity contribution < 1.29 is 19.1 Å². The van der Waals surface area contributed by atoms with E-state index in [1.807, 2.05) is 43.3 Å². The fraction of sp³-hybridized carbons (Fsp3) is 0.444. The van der Waals surface area contributed by atoms with Gasteiger partial charge in [0.2, 0.25) is 17.7 Å². The van der Waals surface area contributed by atoms with Crippen molar-refractivity contribution in [1.82, 2.24) is 10.2 Å². The number of amides is 3. The standard InChI is InChI=1S/C27H40N6O4/c1-2-17-37-22-10-6-9-21(18-22)31-27(36)24(12-11-20-7-4-3-5-8-20)32-26(35)23(30)19-25(34)33(15-13-28)16-14-29/h3-10,18,23-24H,2,11-17,19,28-30H2,1H3,(H,31,36)(H,32,35)/t23-,24-/m0/s1. The summed E-state index contributed by atoms with van der Waals surface area (Å²) < 4.78 is 5.64. The van der Waals surface area contributed by atoms with Crippen molar-refractivity contribution in [2.24, 2.45) is 17.2 Å². The summed E-state index contributed by atoms with van der Waals surface area (Å²) >= 11 is 0. The lowest BCUT2D eigenvalue weighted by Crippen LogP contribution is -2.52. The van der Waals surface area contributed by atoms with Crippen LogP contribution in [-0.2, 0) is 20.8 Å². The molecule has 0 aromatic heterocycles. The van der Waals surface area contributed by atoms with Crippen molar-refractivity contribution in [3.05, 3.63) is 60.2 Å². The maximum Gasteiger partial charge on any atom is 0.246 e. The number of carbonyl (C=O) groups is 3. The van der Waals surface area contributed by atoms with Gasteiger partial charge in [-0.25, -0.2) is 0 Å². The van der Waals surface area contributed by atoms with Gasteiger partial charge in [0, 0.05) is 37.9 Å². The largest absolute Gasteiger partial charge is 0.494 e. The number of hydrogen-bond acceptors (Lipinski definition) is 7. The maximum atomic E-state index is 13.2. The van der Waals surface area contributed by atoms with E-state index in [4.69, 9.17) is 21.9 Å². The van der Waals surface area contributed by atoms with E-state index in [0.717, 1.165) is 12.0 Å². The highest BCUT2D eigenvalue weighted by molar-refractivity contribution is 5.98. The number of hydrogen-bond donors (Lipinski definition) is 5. The number of rotatable bonds is 16. The number of nitrogens with one attached hydrogen (secondary N) is 2. The minimum Gasteiger partial charge on any atom is -0.494 e. The van der Waals surface area contributed by atoms with E-state index in [-0.39, 0.29) is 31.3 Å². The molecule has 0 bridgehead atoms. The first-order valence-corrected chi connectivity index (χ1v) is 12.7. The Kier molecular flexibility index (Phi) is 13.1. The van der Waals surface area contributed by atoms with Crippen LogP contribution in [0, 0.1) is 0 Å². The van der Waals surface area contributed by atoms with Crippen molar-refractivity contribution in [2.45, 2.75) is 44.7 Å². The van der Waals surface area contributed by atoms with Crippen LogP contribution >= 0.6 is 0 Å². The van der Waals surface area contributed by atoms with Gasteiger partial charge in [0.05, 0.1) is 19.1 Å². The molecule has 3 amide bonds. The number of carbonyl (C=O) groups excluding carboxylic acids is 3. The molecule has 0 heterocycles. The Morgan fingerprint density at radius 3 is 2.32 bits per heavy atom. The number of ether oxygens (including phenoxy) is 1. The Morgan fingerprint density at radius 2 is 1.68 bits per heavy atom. The summed E-state index contributed by atoms with van der Waals surface area (Å²) in [4.78, 5) is 40.2. The van der Waals surface area contributed by atoms with E-state index < -0.39 is 18.0 Å². The summed E-state index contributed by atoms with van der Waals surface area (Å²) in [5.41, 5.74) is 18.8. The fourth-order valence-corrected chi connectivity index (χ4v) is 3.70. The van der Waals surface area contributed by atoms with E-state index in [9.17, 15) is 14.4 Å². The zero-order valence-electron chi connectivity index (χ0n) is 21.5. The quantitative estimate of drug-likeness (QED) is 0.224. The van der Waals surface area contributed by atoms with Crippen LogP contribution in [0.1, 0.15) is 31.7 Å². The van der Waals surface area contributed by atoms with E-state index >= 15 is 0 Å². The zero-order valence-corrected chi connectivity index (χ0v) is 21.5. The first kappa shape index (κ1) is 29.8. The first-order valence-electron chi connectivity index (χ1n) is 12.7. The van der Waals surface area contributed by atoms with Crippen molar-refractivity contribution in [3.8, 4) is 5.75 Å². The molecule has 8 N–H and O–H groups in total. The molecule has 0 fully saturated rings. The van der Waals surface area contributed by atoms with Gasteiger partial charge < -0.3 is 37.5 Å². The van der Waals surface area contributed by atoms with Crippen molar-refractivity contribution >= 4 is 23.4 Å². The molecule has 0 aliphatic carbocycles. The summed E-state index contributed by atoms with van der Waals surface area (Å²) in [7, 11) is 0. The molecule has 2 rings (SSSR count). The summed E-state index contributed by atoms with van der Waals surface area (Å²) in [6, 6.07) is 14.8. The van der Waals surface area contributed by atoms with Crippen LogP contribution in [0.4, 0.5) is 5.69 Å². The van der Waals surface area contributed by atoms with Crippen LogP contribution in [0.2, 0.25) is 0 Å². The molecule has 0 saturated carbocycles. The Morgan fingerprint density at radius 1 is 0.973 bits per heavy atom. The predicted octanol–water partition coefficient (Wildman–Crippen LogP) is 0.995. The summed E-state index contributed by atoms with van der Waals surface area (Å²) in [6.07, 6.45) is 1.56. The van der Waals surface area contributed by atoms with Gasteiger partial charge in [-0.15, -0.1) is 0 Å². The van der Waals surface area contributed by atoms with Crippen molar-refractivity contribution in [2.75, 3.05) is 38.1 Å². The van der Waals surface area contributed by atoms with Crippen LogP contribution in [0.5, 0.6) is 5.75 Å². The van der Waals surface area contributed by atoms with Crippen molar-refractivity contribution in [3.63, 3.8) is 0 Å². The van der Waals surface area contributed by atoms with E-state index in [1.165, 1.54) is 4.90 Å². The molecule has 2 aromatic rings. The number of benzene rings is 2. The van der Waals surface area contributed by atoms with Crippen molar-refractivity contribution in [1.29, 1.82) is 0 Å². The van der Waals surface area contributed by atoms with Gasteiger partial charge in [0.25, 0.3) is 0 Å². The Bertz CT molecular complexity index is 982. The second-order valence-electron chi connectivity index (χ2n) is 8.72. The van der Waals surface area contributed by atoms with Crippen LogP contribution in [0.3, 0.4) is 0 Å². The van der Waals surface area contributed by atoms with E-state index in [1.54, 1.807) is 18.2 Å². The first-order chi connectivity index (χ1) is 17.9. The van der Waals surface area contributed by atoms with Crippen LogP contribution in [0.15, 0.2) is 54.6 Å². The lowest BCUT2D eigenvalue weighted by molar-refractivity contribution is -0.134. The molecular weight excluding hydrogens is 472 g/mol. The molecule has 10 heteroatoms. The van der Waals surface area contributed by atoms with E-state index in [2.05, 4.69) is 10.6 Å². The van der Waals surface area contributed by atoms with Crippen LogP contribution in [-0.4, -0.2) is 67.5 Å². The molecule has 0 aliphatic rings. The summed E-state index contributed by atoms with van der Waals surface area (Å²) in [6.45, 7) is 3.79. The van der Waals surface area contributed by atoms with Crippen LogP contribution < -0.4 is 32.6 Å². The van der Waals surface area contributed by atoms with Gasteiger partial charge in [0.1, 0.15) is 11.8 Å². The second kappa shape index (κ2) is 16.3. The molecule has 0 spiro atoms. The lowest BCUT2D eigenvalue weighted by atomic mass is 10.0. The van der Waals surface area contributed by atoms with Gasteiger partial charge in [0.15, 0.2) is 0 Å². The van der Waals surface area contributed by atoms with Gasteiger partial charge in [-0.2, -0.15) is 0 Å². The molecule has 202 valence electrons. The predicted molar refractivity (Wildman–Crippen MR) is 145 cm³/mol. The molecule has 2 aromatic carbocycles. The highest BCUT2D eigenvalue weighted by atomic mass is 16.5. The number of aryl methyl sites for hydroxylation is 1. The Labute approximate surface area is 218 Å². The fourth-order valence-electron chi connectivity index (χ4n) is 3.70. The maximum absolute atomic E-state index is 13.2. The second-order valence-corrected chi connectivity index (χ2v) is 8.72. The average molecular weight is 513 g/mol. The van der Waals surface area contributed by atoms with E-state index in [0.29, 0.717) is 44.0 Å². The molecule has 0 aliphatic heterocycles. The zero-order chi connectivity index (χ0) is 27.0. The van der Waals surface area contributed by atoms with Gasteiger partial charge >= 0.3 is 0 Å². The SMILES string of the molecule is CCCOc1cccc(NC(=O)[C@H](CCc2ccccc2)NC(=O)[C@@H](N)CC(=O)N(CCN)CCN)c1. The monoisotopic (exact) mass is 512 g/mol. The Hall–Kier alpha value is -3.47. The third-order valence-corrected chi connectivity index (χ3v) is 5.65. The molecule has 0 radical (unpaired) electrons. The lowest BCUT2D eigenvalue weighted by Gasteiger charge is -2.24.